The van der Waals surface area contributed by atoms with Crippen LogP contribution >= 0.6 is 24.0 Å². The lowest BCUT2D eigenvalue weighted by Gasteiger charge is -2.22. The molecule has 1 aliphatic rings. The number of amides is 1. The highest BCUT2D eigenvalue weighted by molar-refractivity contribution is 14.0. The normalized spacial score (nSPS) is 16.8. The smallest absolute Gasteiger partial charge is 0.243 e. The first-order chi connectivity index (χ1) is 13.0. The number of aliphatic imine (C=N–C) groups is 1. The molecule has 2 aromatic heterocycles. The molecule has 1 N–H and O–H groups in total. The number of likely N-dealkylation sites (tertiary alicyclic amines) is 1. The van der Waals surface area contributed by atoms with Crippen molar-refractivity contribution in [3.63, 3.8) is 0 Å². The zero-order valence-corrected chi connectivity index (χ0v) is 19.0. The Hall–Kier alpha value is -2.04. The van der Waals surface area contributed by atoms with Gasteiger partial charge in [-0.2, -0.15) is 5.10 Å². The molecule has 3 heterocycles. The first-order valence-electron chi connectivity index (χ1n) is 9.27. The van der Waals surface area contributed by atoms with E-state index in [2.05, 4.69) is 26.5 Å². The predicted octanol–water partition coefficient (Wildman–Crippen LogP) is 1.70. The molecule has 1 unspecified atom stereocenters. The van der Waals surface area contributed by atoms with E-state index in [1.165, 1.54) is 5.56 Å². The minimum atomic E-state index is -0.0108. The summed E-state index contributed by atoms with van der Waals surface area (Å²) in [5.41, 5.74) is 1.25. The molecule has 1 saturated heterocycles. The molecule has 9 heteroatoms. The number of hydrogen-bond acceptors (Lipinski definition) is 4. The van der Waals surface area contributed by atoms with Gasteiger partial charge in [0.2, 0.25) is 5.91 Å². The van der Waals surface area contributed by atoms with Crippen molar-refractivity contribution in [3.05, 3.63) is 42.1 Å². The van der Waals surface area contributed by atoms with Gasteiger partial charge in [0, 0.05) is 59.3 Å². The van der Waals surface area contributed by atoms with E-state index >= 15 is 0 Å². The molecule has 0 bridgehead atoms. The molecule has 2 aromatic rings. The molecule has 8 nitrogen and oxygen atoms in total. The fourth-order valence-corrected chi connectivity index (χ4v) is 3.18. The molecule has 154 valence electrons. The number of nitrogens with zero attached hydrogens (tertiary/aromatic N) is 5. The van der Waals surface area contributed by atoms with Gasteiger partial charge >= 0.3 is 0 Å². The summed E-state index contributed by atoms with van der Waals surface area (Å²) >= 11 is 0. The molecule has 1 amide bonds. The van der Waals surface area contributed by atoms with Gasteiger partial charge in [-0.25, -0.2) is 4.99 Å². The number of furan rings is 1. The van der Waals surface area contributed by atoms with Crippen LogP contribution in [0.15, 0.2) is 40.2 Å². The summed E-state index contributed by atoms with van der Waals surface area (Å²) in [4.78, 5) is 20.3. The summed E-state index contributed by atoms with van der Waals surface area (Å²) in [6, 6.07) is 3.85. The standard InChI is InChI=1S/C19H28N6O2.HI/c1-23(2)18(26)12-21-19(20-8-6-17-5-4-10-27-17)25-9-7-15(14-25)16-11-22-24(3)13-16;/h4-5,10-11,13,15H,6-9,12,14H2,1-3H3,(H,20,21);1H. The second-order valence-corrected chi connectivity index (χ2v) is 7.06. The zero-order chi connectivity index (χ0) is 19.2. The number of guanidine groups is 1. The lowest BCUT2D eigenvalue weighted by Crippen LogP contribution is -2.41. The SMILES string of the molecule is CN(C)C(=O)CN=C(NCCc1ccco1)N1CCC(c2cnn(C)c2)C1.I. The van der Waals surface area contributed by atoms with E-state index in [0.717, 1.165) is 37.7 Å². The second kappa shape index (κ2) is 10.5. The van der Waals surface area contributed by atoms with Crippen molar-refractivity contribution in [2.24, 2.45) is 12.0 Å². The first-order valence-corrected chi connectivity index (χ1v) is 9.27. The molecule has 1 aliphatic heterocycles. The van der Waals surface area contributed by atoms with Crippen molar-refractivity contribution in [2.45, 2.75) is 18.8 Å². The Morgan fingerprint density at radius 3 is 2.93 bits per heavy atom. The first kappa shape index (κ1) is 22.3. The van der Waals surface area contributed by atoms with E-state index in [9.17, 15) is 4.79 Å². The molecule has 0 saturated carbocycles. The third-order valence-corrected chi connectivity index (χ3v) is 4.78. The molecule has 3 rings (SSSR count). The van der Waals surface area contributed by atoms with Crippen molar-refractivity contribution < 1.29 is 9.21 Å². The van der Waals surface area contributed by atoms with Crippen LogP contribution in [0.3, 0.4) is 0 Å². The van der Waals surface area contributed by atoms with E-state index in [0.29, 0.717) is 12.5 Å². The van der Waals surface area contributed by atoms with Crippen LogP contribution in [0, 0.1) is 0 Å². The highest BCUT2D eigenvalue weighted by Crippen LogP contribution is 2.26. The van der Waals surface area contributed by atoms with Crippen LogP contribution in [0.25, 0.3) is 0 Å². The molecule has 0 aliphatic carbocycles. The Labute approximate surface area is 183 Å². The zero-order valence-electron chi connectivity index (χ0n) is 16.7. The van der Waals surface area contributed by atoms with E-state index in [1.54, 1.807) is 25.3 Å². The van der Waals surface area contributed by atoms with Gasteiger partial charge in [-0.3, -0.25) is 9.48 Å². The largest absolute Gasteiger partial charge is 0.469 e. The van der Waals surface area contributed by atoms with Gasteiger partial charge < -0.3 is 19.5 Å². The van der Waals surface area contributed by atoms with Gasteiger partial charge in [0.05, 0.1) is 12.5 Å². The summed E-state index contributed by atoms with van der Waals surface area (Å²) in [6.07, 6.45) is 7.51. The third-order valence-electron chi connectivity index (χ3n) is 4.78. The van der Waals surface area contributed by atoms with E-state index in [1.807, 2.05) is 30.1 Å². The molecule has 0 aromatic carbocycles. The van der Waals surface area contributed by atoms with Crippen molar-refractivity contribution in [2.75, 3.05) is 40.3 Å². The molecule has 0 spiro atoms. The quantitative estimate of drug-likeness (QED) is 0.371. The number of carbonyl (C=O) groups excluding carboxylic acids is 1. The Bertz CT molecular complexity index is 771. The second-order valence-electron chi connectivity index (χ2n) is 7.06. The Morgan fingerprint density at radius 1 is 1.46 bits per heavy atom. The van der Waals surface area contributed by atoms with E-state index in [4.69, 9.17) is 4.42 Å². The maximum atomic E-state index is 12.0. The molecular formula is C19H29IN6O2. The number of hydrogen-bond donors (Lipinski definition) is 1. The average molecular weight is 500 g/mol. The number of aryl methyl sites for hydroxylation is 1. The maximum absolute atomic E-state index is 12.0. The third kappa shape index (κ3) is 5.98. The summed E-state index contributed by atoms with van der Waals surface area (Å²) in [6.45, 7) is 2.62. The average Bonchev–Trinajstić information content (AvgIpc) is 3.38. The Morgan fingerprint density at radius 2 is 2.29 bits per heavy atom. The summed E-state index contributed by atoms with van der Waals surface area (Å²) in [5.74, 6) is 2.13. The van der Waals surface area contributed by atoms with Gasteiger partial charge in [-0.1, -0.05) is 0 Å². The minimum absolute atomic E-state index is 0. The van der Waals surface area contributed by atoms with Crippen LogP contribution in [0.5, 0.6) is 0 Å². The fraction of sp³-hybridized carbons (Fsp3) is 0.526. The molecule has 1 atom stereocenters. The molecule has 1 fully saturated rings. The summed E-state index contributed by atoms with van der Waals surface area (Å²) < 4.78 is 7.22. The van der Waals surface area contributed by atoms with Gasteiger partial charge in [0.25, 0.3) is 0 Å². The monoisotopic (exact) mass is 500 g/mol. The fourth-order valence-electron chi connectivity index (χ4n) is 3.18. The minimum Gasteiger partial charge on any atom is -0.469 e. The van der Waals surface area contributed by atoms with Crippen molar-refractivity contribution in [3.8, 4) is 0 Å². The Balaban J connectivity index is 0.00000280. The number of carbonyl (C=O) groups is 1. The van der Waals surface area contributed by atoms with Crippen LogP contribution in [-0.2, 0) is 18.3 Å². The van der Waals surface area contributed by atoms with Crippen molar-refractivity contribution in [1.29, 1.82) is 0 Å². The molecule has 0 radical (unpaired) electrons. The van der Waals surface area contributed by atoms with Crippen LogP contribution < -0.4 is 5.32 Å². The highest BCUT2D eigenvalue weighted by atomic mass is 127. The van der Waals surface area contributed by atoms with Gasteiger partial charge in [0.1, 0.15) is 12.3 Å². The van der Waals surface area contributed by atoms with Crippen molar-refractivity contribution >= 4 is 35.8 Å². The number of nitrogens with one attached hydrogen (secondary N) is 1. The topological polar surface area (TPSA) is 78.9 Å². The predicted molar refractivity (Wildman–Crippen MR) is 119 cm³/mol. The van der Waals surface area contributed by atoms with Gasteiger partial charge in [-0.05, 0) is 24.1 Å². The van der Waals surface area contributed by atoms with Gasteiger partial charge in [-0.15, -0.1) is 24.0 Å². The van der Waals surface area contributed by atoms with Gasteiger partial charge in [0.15, 0.2) is 5.96 Å². The number of aromatic nitrogens is 2. The van der Waals surface area contributed by atoms with Crippen LogP contribution in [0.4, 0.5) is 0 Å². The van der Waals surface area contributed by atoms with Crippen LogP contribution in [0.1, 0.15) is 23.7 Å². The maximum Gasteiger partial charge on any atom is 0.243 e. The summed E-state index contributed by atoms with van der Waals surface area (Å²) in [7, 11) is 5.43. The van der Waals surface area contributed by atoms with Crippen molar-refractivity contribution in [1.82, 2.24) is 24.9 Å². The number of halogens is 1. The number of rotatable bonds is 6. The van der Waals surface area contributed by atoms with Crippen LogP contribution in [0.2, 0.25) is 0 Å². The van der Waals surface area contributed by atoms with Crippen LogP contribution in [-0.4, -0.2) is 71.7 Å². The lowest BCUT2D eigenvalue weighted by molar-refractivity contribution is -0.127. The van der Waals surface area contributed by atoms with E-state index in [-0.39, 0.29) is 36.4 Å². The highest BCUT2D eigenvalue weighted by Gasteiger charge is 2.27. The Kier molecular flexibility index (Phi) is 8.34. The molecular weight excluding hydrogens is 471 g/mol. The number of likely N-dealkylation sites (N-methyl/N-ethyl adjacent to an activating group) is 1. The lowest BCUT2D eigenvalue weighted by atomic mass is 10.0. The molecule has 28 heavy (non-hydrogen) atoms. The summed E-state index contributed by atoms with van der Waals surface area (Å²) in [5, 5.41) is 7.68. The van der Waals surface area contributed by atoms with E-state index < -0.39 is 0 Å².